The summed E-state index contributed by atoms with van der Waals surface area (Å²) in [6.07, 6.45) is 2.25. The van der Waals surface area contributed by atoms with Gasteiger partial charge in [0.15, 0.2) is 0 Å². The van der Waals surface area contributed by atoms with Gasteiger partial charge < -0.3 is 9.84 Å². The van der Waals surface area contributed by atoms with Crippen LogP contribution in [0.25, 0.3) is 0 Å². The summed E-state index contributed by atoms with van der Waals surface area (Å²) in [7, 11) is 0. The number of rotatable bonds is 6. The van der Waals surface area contributed by atoms with Crippen molar-refractivity contribution >= 4 is 21.9 Å². The van der Waals surface area contributed by atoms with Crippen molar-refractivity contribution in [1.82, 2.24) is 14.8 Å². The van der Waals surface area contributed by atoms with E-state index < -0.39 is 5.97 Å². The van der Waals surface area contributed by atoms with Gasteiger partial charge in [-0.05, 0) is 41.4 Å². The van der Waals surface area contributed by atoms with E-state index in [4.69, 9.17) is 9.84 Å². The van der Waals surface area contributed by atoms with Crippen LogP contribution in [-0.2, 0) is 19.6 Å². The predicted octanol–water partition coefficient (Wildman–Crippen LogP) is 2.90. The first-order chi connectivity index (χ1) is 10.1. The van der Waals surface area contributed by atoms with Crippen LogP contribution in [0.3, 0.4) is 0 Å². The molecular weight excluding hydrogens is 338 g/mol. The molecule has 0 saturated carbocycles. The fourth-order valence-corrected chi connectivity index (χ4v) is 2.58. The van der Waals surface area contributed by atoms with Crippen molar-refractivity contribution in [1.29, 1.82) is 0 Å². The molecule has 2 rings (SSSR count). The molecule has 0 aliphatic carbocycles. The topological polar surface area (TPSA) is 77.2 Å². The number of hydrogen-bond donors (Lipinski definition) is 1. The quantitative estimate of drug-likeness (QED) is 0.863. The molecule has 0 amide bonds. The minimum absolute atomic E-state index is 0.00426. The Morgan fingerprint density at radius 3 is 2.71 bits per heavy atom. The van der Waals surface area contributed by atoms with Crippen molar-refractivity contribution < 1.29 is 14.6 Å². The van der Waals surface area contributed by atoms with Crippen LogP contribution in [0.1, 0.15) is 35.7 Å². The van der Waals surface area contributed by atoms with Gasteiger partial charge in [-0.15, -0.1) is 0 Å². The molecule has 0 radical (unpaired) electrons. The molecule has 21 heavy (non-hydrogen) atoms. The van der Waals surface area contributed by atoms with Crippen molar-refractivity contribution in [3.63, 3.8) is 0 Å². The smallest absolute Gasteiger partial charge is 0.354 e. The SMILES string of the molecule is CCc1nn(CC)c(COc2ccc(C(=O)O)nc2)c1Br. The Hall–Kier alpha value is -1.89. The molecule has 6 nitrogen and oxygen atoms in total. The molecule has 0 bridgehead atoms. The van der Waals surface area contributed by atoms with E-state index in [0.717, 1.165) is 28.8 Å². The Bertz CT molecular complexity index is 638. The number of carboxylic acid groups (broad SMARTS) is 1. The van der Waals surface area contributed by atoms with E-state index in [2.05, 4.69) is 26.0 Å². The number of ether oxygens (including phenoxy) is 1. The van der Waals surface area contributed by atoms with E-state index in [1.807, 2.05) is 18.5 Å². The number of carbonyl (C=O) groups is 1. The van der Waals surface area contributed by atoms with Crippen LogP contribution in [-0.4, -0.2) is 25.8 Å². The van der Waals surface area contributed by atoms with Crippen LogP contribution >= 0.6 is 15.9 Å². The normalized spacial score (nSPS) is 10.6. The summed E-state index contributed by atoms with van der Waals surface area (Å²) in [6.45, 7) is 5.17. The van der Waals surface area contributed by atoms with Gasteiger partial charge in [0.1, 0.15) is 18.1 Å². The first-order valence-electron chi connectivity index (χ1n) is 6.63. The lowest BCUT2D eigenvalue weighted by atomic mass is 10.3. The average molecular weight is 354 g/mol. The summed E-state index contributed by atoms with van der Waals surface area (Å²) >= 11 is 3.55. The van der Waals surface area contributed by atoms with Gasteiger partial charge in [0.25, 0.3) is 0 Å². The van der Waals surface area contributed by atoms with E-state index in [0.29, 0.717) is 12.4 Å². The average Bonchev–Trinajstić information content (AvgIpc) is 2.81. The van der Waals surface area contributed by atoms with Gasteiger partial charge in [-0.1, -0.05) is 6.92 Å². The van der Waals surface area contributed by atoms with Gasteiger partial charge in [0.05, 0.1) is 22.1 Å². The maximum absolute atomic E-state index is 10.7. The predicted molar refractivity (Wildman–Crippen MR) is 80.5 cm³/mol. The Morgan fingerprint density at radius 1 is 1.43 bits per heavy atom. The summed E-state index contributed by atoms with van der Waals surface area (Å²) in [6, 6.07) is 3.01. The lowest BCUT2D eigenvalue weighted by Crippen LogP contribution is -2.07. The molecule has 0 fully saturated rings. The summed E-state index contributed by atoms with van der Waals surface area (Å²) < 4.78 is 8.51. The van der Waals surface area contributed by atoms with E-state index in [9.17, 15) is 4.79 Å². The number of nitrogens with zero attached hydrogens (tertiary/aromatic N) is 3. The van der Waals surface area contributed by atoms with Crippen LogP contribution in [0.15, 0.2) is 22.8 Å². The molecule has 0 aromatic carbocycles. The van der Waals surface area contributed by atoms with Crippen LogP contribution < -0.4 is 4.74 Å². The molecule has 0 aliphatic rings. The third-order valence-corrected chi connectivity index (χ3v) is 3.94. The molecule has 2 heterocycles. The minimum atomic E-state index is -1.05. The number of carboxylic acids is 1. The standard InChI is InChI=1S/C14H16BrN3O3/c1-3-10-13(15)12(18(4-2)17-10)8-21-9-5-6-11(14(19)20)16-7-9/h5-7H,3-4,8H2,1-2H3,(H,19,20). The second-order valence-electron chi connectivity index (χ2n) is 4.35. The Labute approximate surface area is 130 Å². The zero-order valence-electron chi connectivity index (χ0n) is 11.8. The third kappa shape index (κ3) is 3.41. The van der Waals surface area contributed by atoms with Crippen molar-refractivity contribution in [2.24, 2.45) is 0 Å². The lowest BCUT2D eigenvalue weighted by Gasteiger charge is -2.08. The molecule has 0 unspecified atom stereocenters. The zero-order chi connectivity index (χ0) is 15.4. The molecule has 7 heteroatoms. The van der Waals surface area contributed by atoms with E-state index >= 15 is 0 Å². The van der Waals surface area contributed by atoms with Crippen LogP contribution in [0, 0.1) is 0 Å². The Balaban J connectivity index is 2.12. The molecular formula is C14H16BrN3O3. The second kappa shape index (κ2) is 6.71. The maximum atomic E-state index is 10.7. The van der Waals surface area contributed by atoms with Crippen molar-refractivity contribution in [3.8, 4) is 5.75 Å². The van der Waals surface area contributed by atoms with E-state index in [1.54, 1.807) is 6.07 Å². The number of halogens is 1. The first kappa shape index (κ1) is 15.5. The number of aromatic nitrogens is 3. The maximum Gasteiger partial charge on any atom is 0.354 e. The lowest BCUT2D eigenvalue weighted by molar-refractivity contribution is 0.0690. The number of aryl methyl sites for hydroxylation is 2. The van der Waals surface area contributed by atoms with Crippen molar-refractivity contribution in [2.75, 3.05) is 0 Å². The molecule has 2 aromatic heterocycles. The summed E-state index contributed by atoms with van der Waals surface area (Å²) in [4.78, 5) is 14.6. The molecule has 0 spiro atoms. The monoisotopic (exact) mass is 353 g/mol. The highest BCUT2D eigenvalue weighted by Crippen LogP contribution is 2.23. The molecule has 1 N–H and O–H groups in total. The van der Waals surface area contributed by atoms with Gasteiger partial charge in [-0.25, -0.2) is 9.78 Å². The minimum Gasteiger partial charge on any atom is -0.486 e. The fraction of sp³-hybridized carbons (Fsp3) is 0.357. The van der Waals surface area contributed by atoms with Gasteiger partial charge in [-0.3, -0.25) is 4.68 Å². The highest BCUT2D eigenvalue weighted by atomic mass is 79.9. The zero-order valence-corrected chi connectivity index (χ0v) is 13.4. The van der Waals surface area contributed by atoms with Crippen LogP contribution in [0.5, 0.6) is 5.75 Å². The Kier molecular flexibility index (Phi) is 4.95. The molecule has 2 aromatic rings. The summed E-state index contributed by atoms with van der Waals surface area (Å²) in [5.41, 5.74) is 1.95. The fourth-order valence-electron chi connectivity index (χ4n) is 1.90. The third-order valence-electron chi connectivity index (χ3n) is 3.03. The highest BCUT2D eigenvalue weighted by Gasteiger charge is 2.14. The van der Waals surface area contributed by atoms with Gasteiger partial charge in [-0.2, -0.15) is 5.10 Å². The first-order valence-corrected chi connectivity index (χ1v) is 7.42. The van der Waals surface area contributed by atoms with Gasteiger partial charge in [0, 0.05) is 6.54 Å². The van der Waals surface area contributed by atoms with E-state index in [-0.39, 0.29) is 5.69 Å². The van der Waals surface area contributed by atoms with Crippen LogP contribution in [0.4, 0.5) is 0 Å². The number of aromatic carboxylic acids is 1. The molecule has 112 valence electrons. The number of hydrogen-bond acceptors (Lipinski definition) is 4. The summed E-state index contributed by atoms with van der Waals surface area (Å²) in [5, 5.41) is 13.3. The van der Waals surface area contributed by atoms with Gasteiger partial charge >= 0.3 is 5.97 Å². The Morgan fingerprint density at radius 2 is 2.19 bits per heavy atom. The van der Waals surface area contributed by atoms with Crippen molar-refractivity contribution in [2.45, 2.75) is 33.4 Å². The largest absolute Gasteiger partial charge is 0.486 e. The molecule has 0 aliphatic heterocycles. The van der Waals surface area contributed by atoms with E-state index in [1.165, 1.54) is 12.3 Å². The summed E-state index contributed by atoms with van der Waals surface area (Å²) in [5.74, 6) is -0.533. The van der Waals surface area contributed by atoms with Gasteiger partial charge in [0.2, 0.25) is 0 Å². The van der Waals surface area contributed by atoms with Crippen molar-refractivity contribution in [3.05, 3.63) is 39.9 Å². The highest BCUT2D eigenvalue weighted by molar-refractivity contribution is 9.10. The number of pyridine rings is 1. The molecule has 0 atom stereocenters. The second-order valence-corrected chi connectivity index (χ2v) is 5.14. The molecule has 0 saturated heterocycles. The van der Waals surface area contributed by atoms with Crippen LogP contribution in [0.2, 0.25) is 0 Å².